The Morgan fingerprint density at radius 2 is 2.00 bits per heavy atom. The molecule has 1 aliphatic heterocycles. The van der Waals surface area contributed by atoms with Crippen LogP contribution in [0.2, 0.25) is 0 Å². The molecule has 2 aromatic rings. The van der Waals surface area contributed by atoms with E-state index in [9.17, 15) is 9.59 Å². The van der Waals surface area contributed by atoms with Crippen molar-refractivity contribution in [2.24, 2.45) is 0 Å². The highest BCUT2D eigenvalue weighted by molar-refractivity contribution is 7.14. The van der Waals surface area contributed by atoms with Crippen LogP contribution in [0.5, 0.6) is 0 Å². The third-order valence-corrected chi connectivity index (χ3v) is 6.34. The lowest BCUT2D eigenvalue weighted by Gasteiger charge is -2.32. The first-order valence-corrected chi connectivity index (χ1v) is 9.76. The van der Waals surface area contributed by atoms with Crippen molar-refractivity contribution in [3.63, 3.8) is 0 Å². The molecule has 0 atom stereocenters. The van der Waals surface area contributed by atoms with Crippen LogP contribution in [-0.2, 0) is 12.8 Å². The summed E-state index contributed by atoms with van der Waals surface area (Å²) in [4.78, 5) is 28.9. The summed E-state index contributed by atoms with van der Waals surface area (Å²) in [7, 11) is 0. The van der Waals surface area contributed by atoms with Crippen molar-refractivity contribution in [3.05, 3.63) is 45.5 Å². The van der Waals surface area contributed by atoms with Gasteiger partial charge >= 0.3 is 0 Å². The lowest BCUT2D eigenvalue weighted by Crippen LogP contribution is -2.46. The van der Waals surface area contributed by atoms with Gasteiger partial charge in [-0.25, -0.2) is 0 Å². The number of piperidine rings is 1. The number of thiophene rings is 1. The smallest absolute Gasteiger partial charge is 0.261 e. The summed E-state index contributed by atoms with van der Waals surface area (Å²) >= 11 is 1.65. The molecule has 1 N–H and O–H groups in total. The number of amides is 2. The molecule has 2 amide bonds. The maximum absolute atomic E-state index is 12.5. The van der Waals surface area contributed by atoms with E-state index in [4.69, 9.17) is 4.42 Å². The third-order valence-electron chi connectivity index (χ3n) is 5.11. The fourth-order valence-electron chi connectivity index (χ4n) is 3.65. The van der Waals surface area contributed by atoms with Gasteiger partial charge in [0.2, 0.25) is 0 Å². The predicted octanol–water partition coefficient (Wildman–Crippen LogP) is 3.25. The third kappa shape index (κ3) is 3.49. The molecule has 5 nitrogen and oxygen atoms in total. The minimum atomic E-state index is 0.00413. The molecule has 2 aromatic heterocycles. The Bertz CT molecular complexity index is 734. The fourth-order valence-corrected chi connectivity index (χ4v) is 4.81. The zero-order chi connectivity index (χ0) is 17.2. The Balaban J connectivity index is 1.31. The monoisotopic (exact) mass is 358 g/mol. The summed E-state index contributed by atoms with van der Waals surface area (Å²) in [6.07, 6.45) is 9.26. The van der Waals surface area contributed by atoms with Crippen LogP contribution in [0.15, 0.2) is 29.1 Å². The number of rotatable bonds is 3. The number of carbonyl (C=O) groups is 2. The summed E-state index contributed by atoms with van der Waals surface area (Å²) in [6, 6.07) is 3.90. The second-order valence-corrected chi connectivity index (χ2v) is 7.95. The SMILES string of the molecule is O=C(NC1CCN(C(=O)c2ccoc2)CC1)c1cc2c(s1)CCCC2. The molecule has 3 heterocycles. The molecule has 0 aromatic carbocycles. The van der Waals surface area contributed by atoms with E-state index in [0.717, 1.165) is 30.6 Å². The van der Waals surface area contributed by atoms with E-state index in [2.05, 4.69) is 11.4 Å². The molecule has 6 heteroatoms. The zero-order valence-corrected chi connectivity index (χ0v) is 14.9. The van der Waals surface area contributed by atoms with Gasteiger partial charge < -0.3 is 14.6 Å². The van der Waals surface area contributed by atoms with Crippen LogP contribution in [-0.4, -0.2) is 35.8 Å². The van der Waals surface area contributed by atoms with Crippen LogP contribution in [0.1, 0.15) is 56.2 Å². The van der Waals surface area contributed by atoms with Crippen molar-refractivity contribution in [3.8, 4) is 0 Å². The van der Waals surface area contributed by atoms with Gasteiger partial charge in [0.25, 0.3) is 11.8 Å². The minimum absolute atomic E-state index is 0.00413. The van der Waals surface area contributed by atoms with Gasteiger partial charge in [-0.3, -0.25) is 9.59 Å². The van der Waals surface area contributed by atoms with Gasteiger partial charge in [-0.05, 0) is 56.2 Å². The van der Waals surface area contributed by atoms with E-state index < -0.39 is 0 Å². The average molecular weight is 358 g/mol. The van der Waals surface area contributed by atoms with Crippen LogP contribution in [0.25, 0.3) is 0 Å². The highest BCUT2D eigenvalue weighted by Gasteiger charge is 2.26. The van der Waals surface area contributed by atoms with Crippen LogP contribution in [0.4, 0.5) is 0 Å². The van der Waals surface area contributed by atoms with Crippen molar-refractivity contribution >= 4 is 23.2 Å². The van der Waals surface area contributed by atoms with E-state index >= 15 is 0 Å². The van der Waals surface area contributed by atoms with Gasteiger partial charge in [-0.1, -0.05) is 0 Å². The van der Waals surface area contributed by atoms with E-state index in [1.54, 1.807) is 17.4 Å². The van der Waals surface area contributed by atoms with Crippen molar-refractivity contribution in [1.82, 2.24) is 10.2 Å². The molecule has 0 spiro atoms. The summed E-state index contributed by atoms with van der Waals surface area (Å²) < 4.78 is 4.98. The minimum Gasteiger partial charge on any atom is -0.472 e. The average Bonchev–Trinajstić information content (AvgIpc) is 3.31. The van der Waals surface area contributed by atoms with E-state index in [1.807, 2.05) is 4.90 Å². The molecule has 0 bridgehead atoms. The molecular weight excluding hydrogens is 336 g/mol. The van der Waals surface area contributed by atoms with Gasteiger partial charge in [0.15, 0.2) is 0 Å². The van der Waals surface area contributed by atoms with Crippen molar-refractivity contribution in [2.45, 2.75) is 44.6 Å². The largest absolute Gasteiger partial charge is 0.472 e. The Morgan fingerprint density at radius 3 is 2.72 bits per heavy atom. The molecule has 1 saturated heterocycles. The molecular formula is C19H22N2O3S. The molecule has 25 heavy (non-hydrogen) atoms. The number of fused-ring (bicyclic) bond motifs is 1. The lowest BCUT2D eigenvalue weighted by atomic mass is 9.99. The number of hydrogen-bond donors (Lipinski definition) is 1. The topological polar surface area (TPSA) is 62.6 Å². The van der Waals surface area contributed by atoms with E-state index in [-0.39, 0.29) is 17.9 Å². The van der Waals surface area contributed by atoms with Crippen LogP contribution in [0.3, 0.4) is 0 Å². The molecule has 0 unspecified atom stereocenters. The van der Waals surface area contributed by atoms with Crippen LogP contribution in [0, 0.1) is 0 Å². The number of carbonyl (C=O) groups excluding carboxylic acids is 2. The maximum atomic E-state index is 12.5. The first-order chi connectivity index (χ1) is 12.2. The Morgan fingerprint density at radius 1 is 1.20 bits per heavy atom. The molecule has 2 aliphatic rings. The highest BCUT2D eigenvalue weighted by Crippen LogP contribution is 2.29. The number of hydrogen-bond acceptors (Lipinski definition) is 4. The summed E-state index contributed by atoms with van der Waals surface area (Å²) in [5, 5.41) is 3.15. The van der Waals surface area contributed by atoms with Gasteiger partial charge in [-0.2, -0.15) is 0 Å². The quantitative estimate of drug-likeness (QED) is 0.916. The maximum Gasteiger partial charge on any atom is 0.261 e. The Labute approximate surface area is 151 Å². The molecule has 4 rings (SSSR count). The zero-order valence-electron chi connectivity index (χ0n) is 14.1. The molecule has 0 saturated carbocycles. The predicted molar refractivity (Wildman–Crippen MR) is 96.1 cm³/mol. The molecule has 1 aliphatic carbocycles. The lowest BCUT2D eigenvalue weighted by molar-refractivity contribution is 0.0697. The number of furan rings is 1. The van der Waals surface area contributed by atoms with Gasteiger partial charge in [0.05, 0.1) is 16.7 Å². The number of aryl methyl sites for hydroxylation is 2. The second-order valence-electron chi connectivity index (χ2n) is 6.82. The van der Waals surface area contributed by atoms with Crippen LogP contribution >= 0.6 is 11.3 Å². The summed E-state index contributed by atoms with van der Waals surface area (Å²) in [5.74, 6) is 0.0449. The highest BCUT2D eigenvalue weighted by atomic mass is 32.1. The summed E-state index contributed by atoms with van der Waals surface area (Å²) in [6.45, 7) is 1.33. The van der Waals surface area contributed by atoms with Gasteiger partial charge in [-0.15, -0.1) is 11.3 Å². The molecule has 1 fully saturated rings. The number of nitrogens with zero attached hydrogens (tertiary/aromatic N) is 1. The van der Waals surface area contributed by atoms with Crippen molar-refractivity contribution in [2.75, 3.05) is 13.1 Å². The molecule has 0 radical (unpaired) electrons. The number of likely N-dealkylation sites (tertiary alicyclic amines) is 1. The van der Waals surface area contributed by atoms with E-state index in [1.165, 1.54) is 35.8 Å². The first-order valence-electron chi connectivity index (χ1n) is 8.94. The standard InChI is InChI=1S/C19H22N2O3S/c22-18(17-11-13-3-1-2-4-16(13)25-17)20-15-5-8-21(9-6-15)19(23)14-7-10-24-12-14/h7,10-12,15H,1-6,8-9H2,(H,20,22). The Hall–Kier alpha value is -2.08. The fraction of sp³-hybridized carbons (Fsp3) is 0.474. The van der Waals surface area contributed by atoms with Crippen molar-refractivity contribution in [1.29, 1.82) is 0 Å². The Kier molecular flexibility index (Phi) is 4.61. The second kappa shape index (κ2) is 7.04. The first kappa shape index (κ1) is 16.4. The van der Waals surface area contributed by atoms with Gasteiger partial charge in [0, 0.05) is 24.0 Å². The summed E-state index contributed by atoms with van der Waals surface area (Å²) in [5.41, 5.74) is 1.95. The van der Waals surface area contributed by atoms with E-state index in [0.29, 0.717) is 18.7 Å². The van der Waals surface area contributed by atoms with Crippen molar-refractivity contribution < 1.29 is 14.0 Å². The van der Waals surface area contributed by atoms with Gasteiger partial charge in [0.1, 0.15) is 6.26 Å². The number of nitrogens with one attached hydrogen (secondary N) is 1. The molecule has 132 valence electrons. The normalized spacial score (nSPS) is 18.0. The van der Waals surface area contributed by atoms with Crippen LogP contribution < -0.4 is 5.32 Å².